The van der Waals surface area contributed by atoms with Gasteiger partial charge in [0.1, 0.15) is 0 Å². The van der Waals surface area contributed by atoms with Crippen molar-refractivity contribution in [2.75, 3.05) is 0 Å². The van der Waals surface area contributed by atoms with E-state index < -0.39 is 0 Å². The summed E-state index contributed by atoms with van der Waals surface area (Å²) >= 11 is 0. The highest BCUT2D eigenvalue weighted by Crippen LogP contribution is 2.33. The fourth-order valence-electron chi connectivity index (χ4n) is 2.94. The zero-order valence-corrected chi connectivity index (χ0v) is 9.25. The van der Waals surface area contributed by atoms with Gasteiger partial charge in [0.25, 0.3) is 0 Å². The monoisotopic (exact) mass is 195 g/mol. The minimum Gasteiger partial charge on any atom is -0.304 e. The third-order valence-electron chi connectivity index (χ3n) is 3.78. The molecule has 80 valence electrons. The van der Waals surface area contributed by atoms with Gasteiger partial charge < -0.3 is 5.32 Å². The van der Waals surface area contributed by atoms with Gasteiger partial charge in [0, 0.05) is 12.0 Å². The van der Waals surface area contributed by atoms with Gasteiger partial charge in [0.15, 0.2) is 5.78 Å². The lowest BCUT2D eigenvalue weighted by Gasteiger charge is -2.24. The van der Waals surface area contributed by atoms with Crippen LogP contribution in [0.4, 0.5) is 0 Å². The number of hydrogen-bond donors (Lipinski definition) is 1. The van der Waals surface area contributed by atoms with Gasteiger partial charge in [-0.1, -0.05) is 26.7 Å². The van der Waals surface area contributed by atoms with E-state index in [4.69, 9.17) is 0 Å². The molecule has 0 radical (unpaired) electrons. The van der Waals surface area contributed by atoms with Gasteiger partial charge in [-0.25, -0.2) is 0 Å². The first-order valence-corrected chi connectivity index (χ1v) is 5.98. The van der Waals surface area contributed by atoms with Crippen LogP contribution in [0.1, 0.15) is 46.0 Å². The lowest BCUT2D eigenvalue weighted by molar-refractivity contribution is -0.123. The number of rotatable bonds is 2. The topological polar surface area (TPSA) is 29.1 Å². The summed E-state index contributed by atoms with van der Waals surface area (Å²) in [4.78, 5) is 11.8. The average Bonchev–Trinajstić information content (AvgIpc) is 2.59. The second-order valence-corrected chi connectivity index (χ2v) is 5.16. The van der Waals surface area contributed by atoms with Gasteiger partial charge in [0.05, 0.1) is 6.04 Å². The standard InChI is InChI=1S/C12H21NO/c1-8(2)12(14)11-7-9-5-3-4-6-10(9)13-11/h8-11,13H,3-7H2,1-2H3/t9-,10-,11-/m0/s1. The minimum absolute atomic E-state index is 0.170. The van der Waals surface area contributed by atoms with Gasteiger partial charge in [-0.3, -0.25) is 4.79 Å². The van der Waals surface area contributed by atoms with Crippen molar-refractivity contribution in [3.8, 4) is 0 Å². The van der Waals surface area contributed by atoms with Gasteiger partial charge in [-0.05, 0) is 25.2 Å². The number of Topliss-reactive ketones (excluding diaryl/α,β-unsaturated/α-hetero) is 1. The highest BCUT2D eigenvalue weighted by atomic mass is 16.1. The molecule has 1 heterocycles. The molecule has 1 saturated heterocycles. The predicted molar refractivity (Wildman–Crippen MR) is 57.1 cm³/mol. The van der Waals surface area contributed by atoms with Crippen molar-refractivity contribution in [1.82, 2.24) is 5.32 Å². The van der Waals surface area contributed by atoms with Crippen LogP contribution in [0.3, 0.4) is 0 Å². The summed E-state index contributed by atoms with van der Waals surface area (Å²) in [6.07, 6.45) is 6.43. The molecule has 3 atom stereocenters. The van der Waals surface area contributed by atoms with Crippen molar-refractivity contribution in [3.63, 3.8) is 0 Å². The fraction of sp³-hybridized carbons (Fsp3) is 0.917. The normalized spacial score (nSPS) is 37.2. The Kier molecular flexibility index (Phi) is 2.91. The lowest BCUT2D eigenvalue weighted by Crippen LogP contribution is -2.38. The quantitative estimate of drug-likeness (QED) is 0.731. The Morgan fingerprint density at radius 2 is 2.00 bits per heavy atom. The molecule has 0 spiro atoms. The molecule has 0 amide bonds. The third-order valence-corrected chi connectivity index (χ3v) is 3.78. The first kappa shape index (κ1) is 10.2. The van der Waals surface area contributed by atoms with Crippen molar-refractivity contribution < 1.29 is 4.79 Å². The number of ketones is 1. The molecular weight excluding hydrogens is 174 g/mol. The van der Waals surface area contributed by atoms with Crippen molar-refractivity contribution in [2.45, 2.75) is 58.0 Å². The van der Waals surface area contributed by atoms with E-state index in [-0.39, 0.29) is 12.0 Å². The van der Waals surface area contributed by atoms with Gasteiger partial charge in [-0.2, -0.15) is 0 Å². The van der Waals surface area contributed by atoms with Crippen LogP contribution in [0.15, 0.2) is 0 Å². The summed E-state index contributed by atoms with van der Waals surface area (Å²) in [5.41, 5.74) is 0. The van der Waals surface area contributed by atoms with Crippen LogP contribution < -0.4 is 5.32 Å². The van der Waals surface area contributed by atoms with E-state index >= 15 is 0 Å². The van der Waals surface area contributed by atoms with Crippen molar-refractivity contribution in [3.05, 3.63) is 0 Å². The second kappa shape index (κ2) is 4.01. The van der Waals surface area contributed by atoms with Crippen LogP contribution in [0, 0.1) is 11.8 Å². The molecule has 1 aliphatic carbocycles. The molecule has 14 heavy (non-hydrogen) atoms. The number of fused-ring (bicyclic) bond motifs is 1. The average molecular weight is 195 g/mol. The molecule has 2 fully saturated rings. The first-order valence-electron chi connectivity index (χ1n) is 5.98. The Balaban J connectivity index is 1.95. The molecule has 0 unspecified atom stereocenters. The highest BCUT2D eigenvalue weighted by molar-refractivity contribution is 5.86. The molecule has 0 bridgehead atoms. The highest BCUT2D eigenvalue weighted by Gasteiger charge is 2.38. The van der Waals surface area contributed by atoms with E-state index in [1.807, 2.05) is 13.8 Å². The number of carbonyl (C=O) groups is 1. The fourth-order valence-corrected chi connectivity index (χ4v) is 2.94. The van der Waals surface area contributed by atoms with Crippen LogP contribution in [0.2, 0.25) is 0 Å². The minimum atomic E-state index is 0.170. The molecule has 2 aliphatic rings. The zero-order chi connectivity index (χ0) is 10.1. The number of hydrogen-bond acceptors (Lipinski definition) is 2. The van der Waals surface area contributed by atoms with Crippen molar-refractivity contribution in [2.24, 2.45) is 11.8 Å². The Bertz CT molecular complexity index is 210. The number of carbonyl (C=O) groups excluding carboxylic acids is 1. The van der Waals surface area contributed by atoms with Crippen LogP contribution in [-0.2, 0) is 4.79 Å². The summed E-state index contributed by atoms with van der Waals surface area (Å²) < 4.78 is 0. The van der Waals surface area contributed by atoms with E-state index in [1.165, 1.54) is 25.7 Å². The maximum atomic E-state index is 11.8. The molecule has 0 aromatic heterocycles. The lowest BCUT2D eigenvalue weighted by atomic mass is 9.84. The second-order valence-electron chi connectivity index (χ2n) is 5.16. The van der Waals surface area contributed by atoms with Crippen LogP contribution in [-0.4, -0.2) is 17.9 Å². The van der Waals surface area contributed by atoms with Crippen LogP contribution in [0.5, 0.6) is 0 Å². The Morgan fingerprint density at radius 1 is 1.29 bits per heavy atom. The molecule has 2 heteroatoms. The van der Waals surface area contributed by atoms with Crippen LogP contribution in [0.25, 0.3) is 0 Å². The predicted octanol–water partition coefficient (Wildman–Crippen LogP) is 2.13. The molecule has 2 nitrogen and oxygen atoms in total. The molecule has 0 aromatic carbocycles. The summed E-state index contributed by atoms with van der Waals surface area (Å²) in [5, 5.41) is 3.52. The molecule has 2 rings (SSSR count). The Labute approximate surface area is 86.5 Å². The van der Waals surface area contributed by atoms with E-state index in [0.717, 1.165) is 12.3 Å². The third kappa shape index (κ3) is 1.85. The van der Waals surface area contributed by atoms with Crippen molar-refractivity contribution in [1.29, 1.82) is 0 Å². The van der Waals surface area contributed by atoms with E-state index in [1.54, 1.807) is 0 Å². The summed E-state index contributed by atoms with van der Waals surface area (Å²) in [7, 11) is 0. The SMILES string of the molecule is CC(C)C(=O)[C@@H]1C[C@@H]2CCCC[C@@H]2N1. The Hall–Kier alpha value is -0.370. The molecular formula is C12H21NO. The molecule has 1 N–H and O–H groups in total. The van der Waals surface area contributed by atoms with E-state index in [2.05, 4.69) is 5.32 Å². The first-order chi connectivity index (χ1) is 6.68. The summed E-state index contributed by atoms with van der Waals surface area (Å²) in [6.45, 7) is 4.01. The van der Waals surface area contributed by atoms with Gasteiger partial charge in [-0.15, -0.1) is 0 Å². The molecule has 0 aromatic rings. The van der Waals surface area contributed by atoms with E-state index in [9.17, 15) is 4.79 Å². The zero-order valence-electron chi connectivity index (χ0n) is 9.25. The van der Waals surface area contributed by atoms with Crippen molar-refractivity contribution >= 4 is 5.78 Å². The molecule has 1 aliphatic heterocycles. The maximum Gasteiger partial charge on any atom is 0.152 e. The van der Waals surface area contributed by atoms with Gasteiger partial charge in [0.2, 0.25) is 0 Å². The largest absolute Gasteiger partial charge is 0.304 e. The number of nitrogens with one attached hydrogen (secondary N) is 1. The summed E-state index contributed by atoms with van der Waals surface area (Å²) in [6, 6.07) is 0.819. The van der Waals surface area contributed by atoms with Crippen LogP contribution >= 0.6 is 0 Å². The Morgan fingerprint density at radius 3 is 2.64 bits per heavy atom. The molecule has 1 saturated carbocycles. The van der Waals surface area contributed by atoms with Gasteiger partial charge >= 0.3 is 0 Å². The maximum absolute atomic E-state index is 11.8. The smallest absolute Gasteiger partial charge is 0.152 e. The summed E-state index contributed by atoms with van der Waals surface area (Å²) in [5.74, 6) is 1.39. The van der Waals surface area contributed by atoms with E-state index in [0.29, 0.717) is 11.8 Å².